The Kier molecular flexibility index (Phi) is 5.66. The SMILES string of the molecule is CCc1ccc(C(N)CN(C)C(C)CC)cc1. The summed E-state index contributed by atoms with van der Waals surface area (Å²) >= 11 is 0. The van der Waals surface area contributed by atoms with Crippen molar-refractivity contribution in [2.24, 2.45) is 5.73 Å². The van der Waals surface area contributed by atoms with Crippen LogP contribution in [0.5, 0.6) is 0 Å². The van der Waals surface area contributed by atoms with Gasteiger partial charge in [0.15, 0.2) is 0 Å². The predicted molar refractivity (Wildman–Crippen MR) is 75.1 cm³/mol. The van der Waals surface area contributed by atoms with Gasteiger partial charge in [-0.05, 0) is 37.9 Å². The van der Waals surface area contributed by atoms with E-state index >= 15 is 0 Å². The van der Waals surface area contributed by atoms with Crippen molar-refractivity contribution in [1.29, 1.82) is 0 Å². The number of aryl methyl sites for hydroxylation is 1. The number of nitrogens with two attached hydrogens (primary N) is 1. The van der Waals surface area contributed by atoms with Crippen molar-refractivity contribution >= 4 is 0 Å². The van der Waals surface area contributed by atoms with E-state index in [9.17, 15) is 0 Å². The van der Waals surface area contributed by atoms with Gasteiger partial charge in [-0.1, -0.05) is 38.1 Å². The molecule has 0 aliphatic heterocycles. The molecule has 96 valence electrons. The molecule has 0 aliphatic rings. The number of nitrogens with zero attached hydrogens (tertiary/aromatic N) is 1. The first kappa shape index (κ1) is 14.2. The zero-order chi connectivity index (χ0) is 12.8. The Balaban J connectivity index is 2.59. The lowest BCUT2D eigenvalue weighted by atomic mass is 10.0. The van der Waals surface area contributed by atoms with Gasteiger partial charge < -0.3 is 10.6 Å². The predicted octanol–water partition coefficient (Wildman–Crippen LogP) is 2.98. The van der Waals surface area contributed by atoms with E-state index in [-0.39, 0.29) is 6.04 Å². The molecule has 0 aromatic heterocycles. The highest BCUT2D eigenvalue weighted by Crippen LogP contribution is 2.14. The van der Waals surface area contributed by atoms with Crippen LogP contribution in [-0.2, 0) is 6.42 Å². The zero-order valence-electron chi connectivity index (χ0n) is 11.6. The van der Waals surface area contributed by atoms with Gasteiger partial charge in [0, 0.05) is 18.6 Å². The largest absolute Gasteiger partial charge is 0.323 e. The highest BCUT2D eigenvalue weighted by atomic mass is 15.1. The summed E-state index contributed by atoms with van der Waals surface area (Å²) in [6.45, 7) is 7.54. The van der Waals surface area contributed by atoms with E-state index < -0.39 is 0 Å². The van der Waals surface area contributed by atoms with Crippen LogP contribution in [-0.4, -0.2) is 24.5 Å². The van der Waals surface area contributed by atoms with Crippen molar-refractivity contribution < 1.29 is 0 Å². The van der Waals surface area contributed by atoms with Crippen LogP contribution >= 0.6 is 0 Å². The second-order valence-electron chi connectivity index (χ2n) is 4.90. The number of hydrogen-bond acceptors (Lipinski definition) is 2. The molecule has 2 heteroatoms. The number of rotatable bonds is 6. The summed E-state index contributed by atoms with van der Waals surface area (Å²) in [6.07, 6.45) is 2.25. The van der Waals surface area contributed by atoms with Gasteiger partial charge in [-0.3, -0.25) is 0 Å². The van der Waals surface area contributed by atoms with Crippen molar-refractivity contribution in [3.05, 3.63) is 35.4 Å². The van der Waals surface area contributed by atoms with Crippen LogP contribution in [0.1, 0.15) is 44.4 Å². The molecule has 0 spiro atoms. The second-order valence-corrected chi connectivity index (χ2v) is 4.90. The minimum absolute atomic E-state index is 0.111. The van der Waals surface area contributed by atoms with E-state index in [4.69, 9.17) is 5.73 Å². The Labute approximate surface area is 106 Å². The van der Waals surface area contributed by atoms with Crippen LogP contribution in [0, 0.1) is 0 Å². The van der Waals surface area contributed by atoms with Crippen molar-refractivity contribution in [2.45, 2.75) is 45.7 Å². The molecule has 0 radical (unpaired) electrons. The van der Waals surface area contributed by atoms with Crippen LogP contribution < -0.4 is 5.73 Å². The van der Waals surface area contributed by atoms with E-state index in [1.807, 2.05) is 0 Å². The fraction of sp³-hybridized carbons (Fsp3) is 0.600. The molecule has 0 aliphatic carbocycles. The number of likely N-dealkylation sites (N-methyl/N-ethyl adjacent to an activating group) is 1. The molecule has 2 N–H and O–H groups in total. The third kappa shape index (κ3) is 4.14. The summed E-state index contributed by atoms with van der Waals surface area (Å²) in [4.78, 5) is 2.33. The average Bonchev–Trinajstić information content (AvgIpc) is 2.37. The van der Waals surface area contributed by atoms with Crippen molar-refractivity contribution in [1.82, 2.24) is 4.90 Å². The minimum atomic E-state index is 0.111. The Morgan fingerprint density at radius 3 is 2.24 bits per heavy atom. The molecular formula is C15H26N2. The van der Waals surface area contributed by atoms with Crippen LogP contribution in [0.2, 0.25) is 0 Å². The fourth-order valence-electron chi connectivity index (χ4n) is 1.91. The lowest BCUT2D eigenvalue weighted by Gasteiger charge is -2.26. The molecule has 0 saturated carbocycles. The molecule has 0 bridgehead atoms. The Morgan fingerprint density at radius 1 is 1.18 bits per heavy atom. The molecule has 2 atom stereocenters. The topological polar surface area (TPSA) is 29.3 Å². The zero-order valence-corrected chi connectivity index (χ0v) is 11.6. The molecule has 2 unspecified atom stereocenters. The smallest absolute Gasteiger partial charge is 0.0424 e. The number of hydrogen-bond donors (Lipinski definition) is 1. The highest BCUT2D eigenvalue weighted by Gasteiger charge is 2.12. The molecule has 17 heavy (non-hydrogen) atoms. The molecule has 0 saturated heterocycles. The van der Waals surface area contributed by atoms with Crippen LogP contribution in [0.4, 0.5) is 0 Å². The molecular weight excluding hydrogens is 208 g/mol. The molecule has 1 aromatic carbocycles. The summed E-state index contributed by atoms with van der Waals surface area (Å²) < 4.78 is 0. The van der Waals surface area contributed by atoms with Crippen molar-refractivity contribution in [2.75, 3.05) is 13.6 Å². The van der Waals surface area contributed by atoms with Gasteiger partial charge in [-0.15, -0.1) is 0 Å². The average molecular weight is 234 g/mol. The molecule has 1 aromatic rings. The monoisotopic (exact) mass is 234 g/mol. The first-order chi connectivity index (χ1) is 8.08. The van der Waals surface area contributed by atoms with Crippen LogP contribution in [0.3, 0.4) is 0 Å². The lowest BCUT2D eigenvalue weighted by Crippen LogP contribution is -2.35. The van der Waals surface area contributed by atoms with E-state index in [0.717, 1.165) is 19.4 Å². The quantitative estimate of drug-likeness (QED) is 0.820. The normalized spacial score (nSPS) is 14.9. The summed E-state index contributed by atoms with van der Waals surface area (Å²) in [5.74, 6) is 0. The first-order valence-electron chi connectivity index (χ1n) is 6.63. The van der Waals surface area contributed by atoms with Gasteiger partial charge in [0.1, 0.15) is 0 Å². The van der Waals surface area contributed by atoms with E-state index in [2.05, 4.69) is 57.0 Å². The van der Waals surface area contributed by atoms with E-state index in [1.165, 1.54) is 11.1 Å². The maximum absolute atomic E-state index is 6.24. The standard InChI is InChI=1S/C15H26N2/c1-5-12(3)17(4)11-15(16)14-9-7-13(6-2)8-10-14/h7-10,12,15H,5-6,11,16H2,1-4H3. The highest BCUT2D eigenvalue weighted by molar-refractivity contribution is 5.25. The van der Waals surface area contributed by atoms with E-state index in [1.54, 1.807) is 0 Å². The van der Waals surface area contributed by atoms with Gasteiger partial charge in [0.05, 0.1) is 0 Å². The van der Waals surface area contributed by atoms with Crippen molar-refractivity contribution in [3.63, 3.8) is 0 Å². The summed E-state index contributed by atoms with van der Waals surface area (Å²) in [6, 6.07) is 9.38. The maximum atomic E-state index is 6.24. The molecule has 0 fully saturated rings. The summed E-state index contributed by atoms with van der Waals surface area (Å²) in [7, 11) is 2.15. The fourth-order valence-corrected chi connectivity index (χ4v) is 1.91. The van der Waals surface area contributed by atoms with Gasteiger partial charge in [0.2, 0.25) is 0 Å². The maximum Gasteiger partial charge on any atom is 0.0424 e. The third-order valence-electron chi connectivity index (χ3n) is 3.64. The van der Waals surface area contributed by atoms with Crippen LogP contribution in [0.15, 0.2) is 24.3 Å². The Hall–Kier alpha value is -0.860. The van der Waals surface area contributed by atoms with Gasteiger partial charge in [-0.2, -0.15) is 0 Å². The minimum Gasteiger partial charge on any atom is -0.323 e. The summed E-state index contributed by atoms with van der Waals surface area (Å²) in [5.41, 5.74) is 8.84. The lowest BCUT2D eigenvalue weighted by molar-refractivity contribution is 0.237. The first-order valence-corrected chi connectivity index (χ1v) is 6.63. The Bertz CT molecular complexity index is 318. The Morgan fingerprint density at radius 2 is 1.76 bits per heavy atom. The number of benzene rings is 1. The van der Waals surface area contributed by atoms with Gasteiger partial charge >= 0.3 is 0 Å². The van der Waals surface area contributed by atoms with Gasteiger partial charge in [0.25, 0.3) is 0 Å². The van der Waals surface area contributed by atoms with E-state index in [0.29, 0.717) is 6.04 Å². The third-order valence-corrected chi connectivity index (χ3v) is 3.64. The summed E-state index contributed by atoms with van der Waals surface area (Å²) in [5, 5.41) is 0. The van der Waals surface area contributed by atoms with Crippen LogP contribution in [0.25, 0.3) is 0 Å². The van der Waals surface area contributed by atoms with Gasteiger partial charge in [-0.25, -0.2) is 0 Å². The van der Waals surface area contributed by atoms with Crippen molar-refractivity contribution in [3.8, 4) is 0 Å². The molecule has 0 heterocycles. The molecule has 0 amide bonds. The second kappa shape index (κ2) is 6.77. The molecule has 1 rings (SSSR count). The molecule has 2 nitrogen and oxygen atoms in total.